The van der Waals surface area contributed by atoms with Crippen molar-refractivity contribution in [3.05, 3.63) is 36.5 Å². The van der Waals surface area contributed by atoms with Crippen LogP contribution in [0.4, 0.5) is 0 Å². The summed E-state index contributed by atoms with van der Waals surface area (Å²) in [5, 5.41) is 44.9. The van der Waals surface area contributed by atoms with Crippen molar-refractivity contribution in [2.45, 2.75) is 346 Å². The Morgan fingerprint density at radius 1 is 0.526 bits per heavy atom. The molecule has 0 aromatic rings. The lowest BCUT2D eigenvalue weighted by Gasteiger charge is -2.41. The molecule has 0 saturated carbocycles. The molecule has 1 amide bonds. The van der Waals surface area contributed by atoms with Gasteiger partial charge in [0.05, 0.1) is 25.4 Å². The van der Waals surface area contributed by atoms with E-state index in [0.717, 1.165) is 44.9 Å². The van der Waals surface area contributed by atoms with Crippen LogP contribution in [0.3, 0.4) is 0 Å². The highest BCUT2D eigenvalue weighted by Gasteiger charge is 2.48. The van der Waals surface area contributed by atoms with Gasteiger partial charge in [0, 0.05) is 6.42 Å². The van der Waals surface area contributed by atoms with Crippen LogP contribution in [0.25, 0.3) is 0 Å². The highest BCUT2D eigenvalue weighted by atomic mass is 32.3. The molecule has 7 unspecified atom stereocenters. The van der Waals surface area contributed by atoms with Crippen LogP contribution in [0.1, 0.15) is 303 Å². The Kier molecular flexibility index (Phi) is 50.1. The summed E-state index contributed by atoms with van der Waals surface area (Å²) in [7, 11) is -5.09. The van der Waals surface area contributed by atoms with Crippen LogP contribution < -0.4 is 5.32 Å². The first kappa shape index (κ1) is 72.3. The SMILES string of the molecule is CCCCCCCCCCCC/C=C/C(O)C(COC1OC(CO)C(O)C(OS(=O)(=O)O)C1O)NC(=O)CCCCCCCCCCCCCCCCCCC/C=C\C/C=C\CCCCCCCCCCCCCCC. The number of unbranched alkanes of at least 4 members (excludes halogenated alkanes) is 40. The van der Waals surface area contributed by atoms with E-state index >= 15 is 0 Å². The van der Waals surface area contributed by atoms with Gasteiger partial charge >= 0.3 is 10.4 Å². The molecule has 0 aliphatic carbocycles. The quantitative estimate of drug-likeness (QED) is 0.0193. The molecular weight excluding hydrogens is 979 g/mol. The molecule has 0 radical (unpaired) electrons. The predicted octanol–water partition coefficient (Wildman–Crippen LogP) is 15.7. The fraction of sp³-hybridized carbons (Fsp3) is 0.889. The molecule has 0 aromatic heterocycles. The summed E-state index contributed by atoms with van der Waals surface area (Å²) in [6, 6.07) is -0.943. The van der Waals surface area contributed by atoms with Crippen molar-refractivity contribution in [1.82, 2.24) is 5.32 Å². The van der Waals surface area contributed by atoms with Gasteiger partial charge in [0.1, 0.15) is 24.4 Å². The van der Waals surface area contributed by atoms with Gasteiger partial charge in [-0.15, -0.1) is 0 Å². The Hall–Kier alpha value is -1.68. The van der Waals surface area contributed by atoms with Gasteiger partial charge in [0.25, 0.3) is 0 Å². The molecule has 0 bridgehead atoms. The fourth-order valence-electron chi connectivity index (χ4n) is 10.3. The second-order valence-corrected chi connectivity index (χ2v) is 23.4. The lowest BCUT2D eigenvalue weighted by molar-refractivity contribution is -0.298. The van der Waals surface area contributed by atoms with Crippen molar-refractivity contribution in [2.75, 3.05) is 13.2 Å². The topological polar surface area (TPSA) is 192 Å². The molecule has 0 aromatic carbocycles. The van der Waals surface area contributed by atoms with Crippen LogP contribution >= 0.6 is 0 Å². The van der Waals surface area contributed by atoms with E-state index in [9.17, 15) is 38.2 Å². The highest BCUT2D eigenvalue weighted by molar-refractivity contribution is 7.80. The van der Waals surface area contributed by atoms with Gasteiger partial charge in [-0.3, -0.25) is 9.35 Å². The summed E-state index contributed by atoms with van der Waals surface area (Å²) in [5.41, 5.74) is 0. The van der Waals surface area contributed by atoms with Gasteiger partial charge < -0.3 is 35.2 Å². The molecular formula is C63H119NO11S. The molecule has 1 aliphatic rings. The summed E-state index contributed by atoms with van der Waals surface area (Å²) >= 11 is 0. The van der Waals surface area contributed by atoms with Crippen LogP contribution in [-0.2, 0) is 28.9 Å². The number of amides is 1. The first-order chi connectivity index (χ1) is 37.0. The Morgan fingerprint density at radius 3 is 1.25 bits per heavy atom. The van der Waals surface area contributed by atoms with Crippen LogP contribution in [0, 0.1) is 0 Å². The minimum absolute atomic E-state index is 0.260. The molecule has 6 N–H and O–H groups in total. The normalized spacial score (nSPS) is 19.2. The van der Waals surface area contributed by atoms with E-state index in [-0.39, 0.29) is 18.9 Å². The van der Waals surface area contributed by atoms with Crippen LogP contribution in [0.5, 0.6) is 0 Å². The number of allylic oxidation sites excluding steroid dienone is 5. The van der Waals surface area contributed by atoms with Gasteiger partial charge in [-0.05, 0) is 51.4 Å². The summed E-state index contributed by atoms with van der Waals surface area (Å²) < 4.78 is 47.8. The number of aliphatic hydroxyl groups is 4. The molecule has 1 heterocycles. The maximum Gasteiger partial charge on any atom is 0.397 e. The first-order valence-electron chi connectivity index (χ1n) is 31.9. The van der Waals surface area contributed by atoms with Crippen LogP contribution in [0.2, 0.25) is 0 Å². The first-order valence-corrected chi connectivity index (χ1v) is 33.2. The molecule has 1 rings (SSSR count). The average Bonchev–Trinajstić information content (AvgIpc) is 3.40. The lowest BCUT2D eigenvalue weighted by atomic mass is 9.99. The largest absolute Gasteiger partial charge is 0.397 e. The number of hydrogen-bond acceptors (Lipinski definition) is 10. The fourth-order valence-corrected chi connectivity index (χ4v) is 10.8. The van der Waals surface area contributed by atoms with Crippen molar-refractivity contribution in [3.63, 3.8) is 0 Å². The zero-order valence-corrected chi connectivity index (χ0v) is 49.6. The Bertz CT molecular complexity index is 1480. The number of hydrogen-bond donors (Lipinski definition) is 6. The van der Waals surface area contributed by atoms with Gasteiger partial charge in [0.15, 0.2) is 6.29 Å². The number of ether oxygens (including phenoxy) is 2. The molecule has 0 spiro atoms. The molecule has 1 aliphatic heterocycles. The maximum absolute atomic E-state index is 13.1. The zero-order valence-electron chi connectivity index (χ0n) is 48.8. The molecule has 448 valence electrons. The number of nitrogens with one attached hydrogen (secondary N) is 1. The Morgan fingerprint density at radius 2 is 0.882 bits per heavy atom. The maximum atomic E-state index is 13.1. The van der Waals surface area contributed by atoms with E-state index in [1.807, 2.05) is 6.08 Å². The average molecular weight is 1100 g/mol. The smallest absolute Gasteiger partial charge is 0.394 e. The summed E-state index contributed by atoms with van der Waals surface area (Å²) in [6.45, 7) is 3.41. The third-order valence-electron chi connectivity index (χ3n) is 15.2. The van der Waals surface area contributed by atoms with Crippen molar-refractivity contribution in [3.8, 4) is 0 Å². The van der Waals surface area contributed by atoms with E-state index in [4.69, 9.17) is 9.47 Å². The van der Waals surface area contributed by atoms with E-state index in [2.05, 4.69) is 47.7 Å². The van der Waals surface area contributed by atoms with Gasteiger partial charge in [-0.1, -0.05) is 281 Å². The third-order valence-corrected chi connectivity index (χ3v) is 15.6. The molecule has 1 saturated heterocycles. The third kappa shape index (κ3) is 44.1. The van der Waals surface area contributed by atoms with Crippen molar-refractivity contribution in [1.29, 1.82) is 0 Å². The zero-order chi connectivity index (χ0) is 55.4. The summed E-state index contributed by atoms with van der Waals surface area (Å²) in [6.07, 6.45) is 59.5. The number of aliphatic hydroxyl groups excluding tert-OH is 4. The van der Waals surface area contributed by atoms with E-state index in [1.54, 1.807) is 6.08 Å². The molecule has 1 fully saturated rings. The Balaban J connectivity index is 2.16. The van der Waals surface area contributed by atoms with Crippen LogP contribution in [-0.4, -0.2) is 95.4 Å². The van der Waals surface area contributed by atoms with E-state index in [1.165, 1.54) is 231 Å². The van der Waals surface area contributed by atoms with Gasteiger partial charge in [-0.2, -0.15) is 8.42 Å². The second kappa shape index (κ2) is 52.7. The highest BCUT2D eigenvalue weighted by Crippen LogP contribution is 2.26. The van der Waals surface area contributed by atoms with E-state index < -0.39 is 59.9 Å². The van der Waals surface area contributed by atoms with Crippen molar-refractivity contribution >= 4 is 16.3 Å². The number of rotatable bonds is 56. The standard InChI is InChI=1S/C63H119NO11S/c1-3-5-7-9-11-13-15-17-18-19-20-21-22-23-24-25-26-27-28-29-30-31-32-33-34-35-36-37-38-39-40-41-43-45-47-49-51-53-59(67)64-56(57(66)52-50-48-46-44-42-16-14-12-10-8-6-4-2)55-73-63-61(69)62(75-76(70,71)72)60(68)58(54-65)74-63/h24-25,27-28,50,52,56-58,60-63,65-66,68-69H,3-23,26,29-49,51,53-55H2,1-2H3,(H,64,67)(H,70,71,72)/b25-24-,28-27-,52-50+. The summed E-state index contributed by atoms with van der Waals surface area (Å²) in [4.78, 5) is 13.1. The van der Waals surface area contributed by atoms with E-state index in [0.29, 0.717) is 6.42 Å². The van der Waals surface area contributed by atoms with Crippen molar-refractivity contribution in [2.24, 2.45) is 0 Å². The molecule has 76 heavy (non-hydrogen) atoms. The predicted molar refractivity (Wildman–Crippen MR) is 315 cm³/mol. The monoisotopic (exact) mass is 1100 g/mol. The number of carbonyl (C=O) groups is 1. The molecule has 12 nitrogen and oxygen atoms in total. The number of carbonyl (C=O) groups excluding carboxylic acids is 1. The summed E-state index contributed by atoms with van der Waals surface area (Å²) in [5.74, 6) is -0.260. The molecule has 7 atom stereocenters. The minimum Gasteiger partial charge on any atom is -0.394 e. The van der Waals surface area contributed by atoms with Gasteiger partial charge in [-0.25, -0.2) is 4.18 Å². The molecule has 13 heteroatoms. The minimum atomic E-state index is -5.09. The lowest BCUT2D eigenvalue weighted by Crippen LogP contribution is -2.61. The van der Waals surface area contributed by atoms with Crippen LogP contribution in [0.15, 0.2) is 36.5 Å². The Labute approximate surface area is 466 Å². The second-order valence-electron chi connectivity index (χ2n) is 22.4. The van der Waals surface area contributed by atoms with Crippen molar-refractivity contribution < 1.29 is 51.8 Å². The van der Waals surface area contributed by atoms with Gasteiger partial charge in [0.2, 0.25) is 5.91 Å².